The third-order valence-corrected chi connectivity index (χ3v) is 4.57. The van der Waals surface area contributed by atoms with Crippen LogP contribution < -0.4 is 5.73 Å². The zero-order chi connectivity index (χ0) is 14.5. The molecule has 1 heterocycles. The Kier molecular flexibility index (Phi) is 3.01. The molecule has 1 fully saturated rings. The van der Waals surface area contributed by atoms with Gasteiger partial charge in [-0.15, -0.1) is 0 Å². The molecule has 1 aliphatic rings. The van der Waals surface area contributed by atoms with E-state index in [1.165, 1.54) is 12.1 Å². The Balaban J connectivity index is 2.38. The predicted octanol–water partition coefficient (Wildman–Crippen LogP) is 1.54. The van der Waals surface area contributed by atoms with Crippen LogP contribution in [-0.4, -0.2) is 37.7 Å². The number of hydrogen-bond acceptors (Lipinski definition) is 3. The van der Waals surface area contributed by atoms with Gasteiger partial charge in [-0.05, 0) is 18.2 Å². The number of benzene rings is 1. The first kappa shape index (κ1) is 14.1. The monoisotopic (exact) mass is 298 g/mol. The normalized spacial score (nSPS) is 22.5. The Labute approximate surface area is 106 Å². The maximum atomic E-state index is 13.0. The third kappa shape index (κ3) is 2.27. The van der Waals surface area contributed by atoms with Crippen LogP contribution in [0.1, 0.15) is 0 Å². The fraction of sp³-hybridized carbons (Fsp3) is 0.400. The largest absolute Gasteiger partial charge is 0.399 e. The molecule has 2 N–H and O–H groups in total. The molecule has 9 heteroatoms. The van der Waals surface area contributed by atoms with Crippen molar-refractivity contribution in [2.24, 2.45) is 0 Å². The van der Waals surface area contributed by atoms with E-state index >= 15 is 0 Å². The summed E-state index contributed by atoms with van der Waals surface area (Å²) in [5.74, 6) is -8.75. The van der Waals surface area contributed by atoms with Crippen LogP contribution in [0.15, 0.2) is 29.2 Å². The molecule has 106 valence electrons. The van der Waals surface area contributed by atoms with Crippen LogP contribution in [-0.2, 0) is 10.0 Å². The zero-order valence-electron chi connectivity index (χ0n) is 9.48. The molecule has 2 rings (SSSR count). The average molecular weight is 298 g/mol. The van der Waals surface area contributed by atoms with Gasteiger partial charge in [-0.1, -0.05) is 6.07 Å². The number of alkyl halides is 4. The molecule has 0 unspecified atom stereocenters. The summed E-state index contributed by atoms with van der Waals surface area (Å²) in [7, 11) is -4.41. The van der Waals surface area contributed by atoms with Crippen LogP contribution in [0.3, 0.4) is 0 Å². The van der Waals surface area contributed by atoms with E-state index in [1.807, 2.05) is 0 Å². The molecular weight excluding hydrogens is 288 g/mol. The second-order valence-corrected chi connectivity index (χ2v) is 6.19. The molecular formula is C10H10F4N2O2S. The Morgan fingerprint density at radius 1 is 1.11 bits per heavy atom. The van der Waals surface area contributed by atoms with E-state index in [0.29, 0.717) is 0 Å². The van der Waals surface area contributed by atoms with Gasteiger partial charge in [-0.3, -0.25) is 0 Å². The molecule has 0 radical (unpaired) electrons. The van der Waals surface area contributed by atoms with Gasteiger partial charge in [0.25, 0.3) is 0 Å². The highest BCUT2D eigenvalue weighted by atomic mass is 32.2. The average Bonchev–Trinajstić information content (AvgIpc) is 2.48. The van der Waals surface area contributed by atoms with Gasteiger partial charge in [-0.2, -0.15) is 21.9 Å². The summed E-state index contributed by atoms with van der Waals surface area (Å²) < 4.78 is 76.1. The Morgan fingerprint density at radius 3 is 2.11 bits per heavy atom. The molecule has 19 heavy (non-hydrogen) atoms. The summed E-state index contributed by atoms with van der Waals surface area (Å²) in [6.45, 7) is -3.09. The highest BCUT2D eigenvalue weighted by Gasteiger charge is 2.65. The lowest BCUT2D eigenvalue weighted by atomic mass is 10.2. The van der Waals surface area contributed by atoms with Gasteiger partial charge in [0.1, 0.15) is 0 Å². The van der Waals surface area contributed by atoms with Crippen molar-refractivity contribution in [2.45, 2.75) is 16.7 Å². The molecule has 1 aromatic rings. The molecule has 0 bridgehead atoms. The number of rotatable bonds is 2. The van der Waals surface area contributed by atoms with Gasteiger partial charge in [0.2, 0.25) is 10.0 Å². The van der Waals surface area contributed by atoms with E-state index in [1.54, 1.807) is 0 Å². The highest BCUT2D eigenvalue weighted by Crippen LogP contribution is 2.42. The summed E-state index contributed by atoms with van der Waals surface area (Å²) in [6.07, 6.45) is 0. The summed E-state index contributed by atoms with van der Waals surface area (Å²) in [6, 6.07) is 4.84. The highest BCUT2D eigenvalue weighted by molar-refractivity contribution is 7.89. The van der Waals surface area contributed by atoms with Crippen LogP contribution in [0.25, 0.3) is 0 Å². The molecule has 0 spiro atoms. The minimum atomic E-state index is -4.41. The lowest BCUT2D eigenvalue weighted by Gasteiger charge is -2.15. The van der Waals surface area contributed by atoms with Crippen molar-refractivity contribution in [3.05, 3.63) is 24.3 Å². The predicted molar refractivity (Wildman–Crippen MR) is 59.5 cm³/mol. The lowest BCUT2D eigenvalue weighted by molar-refractivity contribution is -0.172. The van der Waals surface area contributed by atoms with E-state index in [9.17, 15) is 26.0 Å². The number of hydrogen-bond donors (Lipinski definition) is 1. The van der Waals surface area contributed by atoms with Crippen molar-refractivity contribution in [3.8, 4) is 0 Å². The number of nitrogens with two attached hydrogens (primary N) is 1. The van der Waals surface area contributed by atoms with Crippen molar-refractivity contribution in [2.75, 3.05) is 18.8 Å². The fourth-order valence-corrected chi connectivity index (χ4v) is 3.22. The Hall–Kier alpha value is -1.35. The van der Waals surface area contributed by atoms with E-state index < -0.39 is 35.0 Å². The SMILES string of the molecule is Nc1cccc(S(=O)(=O)N2CC(F)(F)C(F)(F)C2)c1. The van der Waals surface area contributed by atoms with Crippen LogP contribution >= 0.6 is 0 Å². The number of anilines is 1. The van der Waals surface area contributed by atoms with Crippen LogP contribution in [0.5, 0.6) is 0 Å². The maximum Gasteiger partial charge on any atom is 0.325 e. The molecule has 0 atom stereocenters. The molecule has 0 amide bonds. The number of sulfonamides is 1. The minimum Gasteiger partial charge on any atom is -0.399 e. The summed E-state index contributed by atoms with van der Waals surface area (Å²) in [4.78, 5) is -0.388. The Morgan fingerprint density at radius 2 is 1.63 bits per heavy atom. The first-order valence-electron chi connectivity index (χ1n) is 5.18. The van der Waals surface area contributed by atoms with Crippen LogP contribution in [0.4, 0.5) is 23.2 Å². The minimum absolute atomic E-state index is 0.0712. The summed E-state index contributed by atoms with van der Waals surface area (Å²) in [5.41, 5.74) is 5.48. The number of nitrogen functional groups attached to an aromatic ring is 1. The van der Waals surface area contributed by atoms with Crippen molar-refractivity contribution in [1.82, 2.24) is 4.31 Å². The third-order valence-electron chi connectivity index (χ3n) is 2.78. The molecule has 0 saturated carbocycles. The van der Waals surface area contributed by atoms with Crippen LogP contribution in [0, 0.1) is 0 Å². The van der Waals surface area contributed by atoms with E-state index in [-0.39, 0.29) is 14.9 Å². The van der Waals surface area contributed by atoms with Crippen molar-refractivity contribution in [3.63, 3.8) is 0 Å². The fourth-order valence-electron chi connectivity index (χ4n) is 1.72. The topological polar surface area (TPSA) is 63.4 Å². The van der Waals surface area contributed by atoms with Gasteiger partial charge in [0, 0.05) is 5.69 Å². The molecule has 4 nitrogen and oxygen atoms in total. The number of halogens is 4. The second kappa shape index (κ2) is 4.07. The second-order valence-electron chi connectivity index (χ2n) is 4.25. The standard InChI is InChI=1S/C10H10F4N2O2S/c11-9(12)5-16(6-10(9,13)14)19(17,18)8-3-1-2-7(15)4-8/h1-4H,5-6,15H2. The summed E-state index contributed by atoms with van der Waals surface area (Å²) in [5, 5.41) is 0. The zero-order valence-corrected chi connectivity index (χ0v) is 10.3. The van der Waals surface area contributed by atoms with E-state index in [4.69, 9.17) is 5.73 Å². The van der Waals surface area contributed by atoms with E-state index in [2.05, 4.69) is 0 Å². The molecule has 0 aromatic heterocycles. The van der Waals surface area contributed by atoms with Crippen molar-refractivity contribution in [1.29, 1.82) is 0 Å². The van der Waals surface area contributed by atoms with Gasteiger partial charge < -0.3 is 5.73 Å². The van der Waals surface area contributed by atoms with E-state index in [0.717, 1.165) is 12.1 Å². The lowest BCUT2D eigenvalue weighted by Crippen LogP contribution is -2.38. The van der Waals surface area contributed by atoms with Gasteiger partial charge >= 0.3 is 11.8 Å². The summed E-state index contributed by atoms with van der Waals surface area (Å²) >= 11 is 0. The Bertz CT molecular complexity index is 587. The number of nitrogens with zero attached hydrogens (tertiary/aromatic N) is 1. The molecule has 0 aliphatic carbocycles. The van der Waals surface area contributed by atoms with Gasteiger partial charge in [-0.25, -0.2) is 8.42 Å². The van der Waals surface area contributed by atoms with Crippen LogP contribution in [0.2, 0.25) is 0 Å². The smallest absolute Gasteiger partial charge is 0.325 e. The van der Waals surface area contributed by atoms with Crippen molar-refractivity contribution >= 4 is 15.7 Å². The van der Waals surface area contributed by atoms with Gasteiger partial charge in [0.15, 0.2) is 0 Å². The quantitative estimate of drug-likeness (QED) is 0.665. The molecule has 1 saturated heterocycles. The molecule has 1 aliphatic heterocycles. The first-order chi connectivity index (χ1) is 8.56. The molecule has 1 aromatic carbocycles. The van der Waals surface area contributed by atoms with Crippen molar-refractivity contribution < 1.29 is 26.0 Å². The van der Waals surface area contributed by atoms with Gasteiger partial charge in [0.05, 0.1) is 18.0 Å². The maximum absolute atomic E-state index is 13.0. The first-order valence-corrected chi connectivity index (χ1v) is 6.62.